The number of ether oxygens (including phenoxy) is 1. The summed E-state index contributed by atoms with van der Waals surface area (Å²) in [7, 11) is 3.60. The minimum Gasteiger partial charge on any atom is -0.383 e. The van der Waals surface area contributed by atoms with E-state index in [1.54, 1.807) is 7.11 Å². The molecule has 25 heavy (non-hydrogen) atoms. The number of likely N-dealkylation sites (tertiary alicyclic amines) is 1. The van der Waals surface area contributed by atoms with Crippen molar-refractivity contribution in [2.75, 3.05) is 46.9 Å². The van der Waals surface area contributed by atoms with Gasteiger partial charge in [0.15, 0.2) is 5.96 Å². The van der Waals surface area contributed by atoms with E-state index in [1.165, 1.54) is 9.88 Å². The van der Waals surface area contributed by atoms with Crippen molar-refractivity contribution in [1.82, 2.24) is 20.5 Å². The molecule has 1 saturated heterocycles. The number of aliphatic imine (C=N–C) groups is 1. The van der Waals surface area contributed by atoms with Gasteiger partial charge in [-0.3, -0.25) is 4.99 Å². The number of aryl methyl sites for hydroxylation is 1. The third-order valence-electron chi connectivity index (χ3n) is 4.34. The lowest BCUT2D eigenvalue weighted by Gasteiger charge is -2.32. The van der Waals surface area contributed by atoms with Crippen LogP contribution >= 0.6 is 35.3 Å². The molecule has 0 saturated carbocycles. The van der Waals surface area contributed by atoms with Crippen molar-refractivity contribution < 1.29 is 4.74 Å². The van der Waals surface area contributed by atoms with Crippen molar-refractivity contribution in [2.24, 2.45) is 4.99 Å². The zero-order valence-electron chi connectivity index (χ0n) is 15.6. The second kappa shape index (κ2) is 12.8. The van der Waals surface area contributed by atoms with Crippen LogP contribution in [0.5, 0.6) is 0 Å². The van der Waals surface area contributed by atoms with E-state index in [0.717, 1.165) is 64.4 Å². The zero-order valence-corrected chi connectivity index (χ0v) is 18.7. The molecule has 1 aliphatic rings. The van der Waals surface area contributed by atoms with Gasteiger partial charge in [0.05, 0.1) is 11.6 Å². The van der Waals surface area contributed by atoms with Crippen LogP contribution in [-0.2, 0) is 17.6 Å². The summed E-state index contributed by atoms with van der Waals surface area (Å²) < 4.78 is 5.15. The molecule has 0 atom stereocenters. The fourth-order valence-electron chi connectivity index (χ4n) is 2.82. The fraction of sp³-hybridized carbons (Fsp3) is 0.765. The van der Waals surface area contributed by atoms with E-state index in [-0.39, 0.29) is 24.0 Å². The van der Waals surface area contributed by atoms with Gasteiger partial charge >= 0.3 is 0 Å². The minimum atomic E-state index is 0. The maximum atomic E-state index is 5.15. The lowest BCUT2D eigenvalue weighted by molar-refractivity contribution is 0.128. The fourth-order valence-corrected chi connectivity index (χ4v) is 3.69. The highest BCUT2D eigenvalue weighted by Crippen LogP contribution is 2.13. The number of nitrogens with one attached hydrogen (secondary N) is 2. The predicted molar refractivity (Wildman–Crippen MR) is 116 cm³/mol. The molecule has 8 heteroatoms. The van der Waals surface area contributed by atoms with Crippen LogP contribution in [0.2, 0.25) is 0 Å². The van der Waals surface area contributed by atoms with E-state index in [4.69, 9.17) is 4.74 Å². The third-order valence-corrected chi connectivity index (χ3v) is 5.55. The lowest BCUT2D eigenvalue weighted by Crippen LogP contribution is -2.49. The van der Waals surface area contributed by atoms with Crippen molar-refractivity contribution in [1.29, 1.82) is 0 Å². The normalized spacial score (nSPS) is 16.5. The molecule has 0 radical (unpaired) electrons. The monoisotopic (exact) mass is 481 g/mol. The average molecular weight is 481 g/mol. The van der Waals surface area contributed by atoms with Crippen LogP contribution in [0.4, 0.5) is 0 Å². The quantitative estimate of drug-likeness (QED) is 0.339. The van der Waals surface area contributed by atoms with Crippen LogP contribution in [0.1, 0.15) is 29.7 Å². The summed E-state index contributed by atoms with van der Waals surface area (Å²) in [4.78, 5) is 12.6. The first-order valence-electron chi connectivity index (χ1n) is 8.87. The number of nitrogens with zero attached hydrogens (tertiary/aromatic N) is 3. The molecule has 2 rings (SSSR count). The molecule has 0 aromatic carbocycles. The molecule has 144 valence electrons. The molecule has 6 nitrogen and oxygen atoms in total. The van der Waals surface area contributed by atoms with E-state index >= 15 is 0 Å². The lowest BCUT2D eigenvalue weighted by atomic mass is 10.1. The number of aromatic nitrogens is 1. The van der Waals surface area contributed by atoms with Gasteiger partial charge in [-0.05, 0) is 19.3 Å². The second-order valence-corrected chi connectivity index (χ2v) is 7.28. The molecule has 1 aromatic rings. The van der Waals surface area contributed by atoms with Crippen molar-refractivity contribution in [2.45, 2.75) is 38.6 Å². The molecule has 2 N–H and O–H groups in total. The molecular formula is C17H32IN5OS. The Morgan fingerprint density at radius 1 is 1.44 bits per heavy atom. The summed E-state index contributed by atoms with van der Waals surface area (Å²) >= 11 is 1.81. The molecule has 0 bridgehead atoms. The number of piperidine rings is 1. The van der Waals surface area contributed by atoms with E-state index < -0.39 is 0 Å². The Morgan fingerprint density at radius 2 is 2.20 bits per heavy atom. The molecule has 0 spiro atoms. The predicted octanol–water partition coefficient (Wildman–Crippen LogP) is 2.14. The molecule has 0 amide bonds. The van der Waals surface area contributed by atoms with E-state index in [2.05, 4.69) is 32.4 Å². The number of rotatable bonds is 8. The van der Waals surface area contributed by atoms with Crippen LogP contribution < -0.4 is 10.6 Å². The van der Waals surface area contributed by atoms with Gasteiger partial charge < -0.3 is 20.3 Å². The first-order chi connectivity index (χ1) is 11.7. The highest BCUT2D eigenvalue weighted by molar-refractivity contribution is 14.0. The summed E-state index contributed by atoms with van der Waals surface area (Å²) in [6.07, 6.45) is 6.30. The smallest absolute Gasteiger partial charge is 0.191 e. The van der Waals surface area contributed by atoms with Gasteiger partial charge in [-0.1, -0.05) is 6.92 Å². The van der Waals surface area contributed by atoms with Gasteiger partial charge in [0, 0.05) is 63.9 Å². The van der Waals surface area contributed by atoms with Crippen molar-refractivity contribution >= 4 is 41.3 Å². The summed E-state index contributed by atoms with van der Waals surface area (Å²) in [6.45, 7) is 7.13. The first-order valence-corrected chi connectivity index (χ1v) is 9.68. The highest BCUT2D eigenvalue weighted by Gasteiger charge is 2.19. The summed E-state index contributed by atoms with van der Waals surface area (Å²) in [5, 5.41) is 8.15. The Bertz CT molecular complexity index is 503. The van der Waals surface area contributed by atoms with Crippen LogP contribution in [0.25, 0.3) is 0 Å². The highest BCUT2D eigenvalue weighted by atomic mass is 127. The third kappa shape index (κ3) is 8.19. The van der Waals surface area contributed by atoms with Crippen LogP contribution in [0.15, 0.2) is 11.2 Å². The summed E-state index contributed by atoms with van der Waals surface area (Å²) in [6, 6.07) is 0.501. The van der Waals surface area contributed by atoms with E-state index in [0.29, 0.717) is 6.04 Å². The molecule has 1 fully saturated rings. The van der Waals surface area contributed by atoms with Gasteiger partial charge in [0.1, 0.15) is 0 Å². The molecule has 1 aromatic heterocycles. The summed E-state index contributed by atoms with van der Waals surface area (Å²) in [5.41, 5.74) is 0. The number of hydrogen-bond acceptors (Lipinski definition) is 5. The molecule has 0 unspecified atom stereocenters. The Balaban J connectivity index is 0.00000312. The number of methoxy groups -OCH3 is 1. The number of halogens is 1. The standard InChI is InChI=1S/C17H31N5OS.HI/c1-4-15-13-20-16(24-15)5-8-19-17(18-2)21-14-6-9-22(10-7-14)11-12-23-3;/h13-14H,4-12H2,1-3H3,(H2,18,19,21);1H. The molecule has 2 heterocycles. The Kier molecular flexibility index (Phi) is 11.6. The van der Waals surface area contributed by atoms with E-state index in [9.17, 15) is 0 Å². The van der Waals surface area contributed by atoms with Gasteiger partial charge in [-0.2, -0.15) is 0 Å². The van der Waals surface area contributed by atoms with Crippen molar-refractivity contribution in [3.63, 3.8) is 0 Å². The number of guanidine groups is 1. The van der Waals surface area contributed by atoms with Crippen LogP contribution in [0, 0.1) is 0 Å². The minimum absolute atomic E-state index is 0. The Labute approximate surface area is 172 Å². The zero-order chi connectivity index (χ0) is 17.2. The number of thiazole rings is 1. The van der Waals surface area contributed by atoms with Crippen LogP contribution in [-0.4, -0.2) is 68.8 Å². The Hall–Kier alpha value is -0.450. The van der Waals surface area contributed by atoms with Crippen molar-refractivity contribution in [3.05, 3.63) is 16.1 Å². The number of hydrogen-bond donors (Lipinski definition) is 2. The Morgan fingerprint density at radius 3 is 2.80 bits per heavy atom. The summed E-state index contributed by atoms with van der Waals surface area (Å²) in [5.74, 6) is 0.901. The van der Waals surface area contributed by atoms with E-state index in [1.807, 2.05) is 24.6 Å². The van der Waals surface area contributed by atoms with Crippen molar-refractivity contribution in [3.8, 4) is 0 Å². The topological polar surface area (TPSA) is 61.8 Å². The van der Waals surface area contributed by atoms with Gasteiger partial charge in [0.25, 0.3) is 0 Å². The van der Waals surface area contributed by atoms with Crippen LogP contribution in [0.3, 0.4) is 0 Å². The average Bonchev–Trinajstić information content (AvgIpc) is 3.08. The first kappa shape index (κ1) is 22.6. The molecule has 0 aliphatic carbocycles. The molecular weight excluding hydrogens is 449 g/mol. The maximum Gasteiger partial charge on any atom is 0.191 e. The second-order valence-electron chi connectivity index (χ2n) is 6.08. The van der Waals surface area contributed by atoms with Gasteiger partial charge in [0.2, 0.25) is 0 Å². The SMILES string of the molecule is CCc1cnc(CCNC(=NC)NC2CCN(CCOC)CC2)s1.I. The van der Waals surface area contributed by atoms with Gasteiger partial charge in [-0.25, -0.2) is 4.98 Å². The molecule has 1 aliphatic heterocycles. The largest absolute Gasteiger partial charge is 0.383 e. The van der Waals surface area contributed by atoms with Gasteiger partial charge in [-0.15, -0.1) is 35.3 Å². The maximum absolute atomic E-state index is 5.15.